The van der Waals surface area contributed by atoms with E-state index in [0.717, 1.165) is 13.0 Å². The van der Waals surface area contributed by atoms with E-state index in [4.69, 9.17) is 0 Å². The van der Waals surface area contributed by atoms with Crippen molar-refractivity contribution in [1.82, 2.24) is 5.32 Å². The quantitative estimate of drug-likeness (QED) is 0.841. The zero-order valence-corrected chi connectivity index (χ0v) is 13.5. The van der Waals surface area contributed by atoms with E-state index in [2.05, 4.69) is 43.4 Å². The zero-order valence-electron chi connectivity index (χ0n) is 12.7. The van der Waals surface area contributed by atoms with Gasteiger partial charge in [0, 0.05) is 22.6 Å². The molecule has 1 aromatic rings. The van der Waals surface area contributed by atoms with Gasteiger partial charge < -0.3 is 5.32 Å². The molecule has 2 rings (SSSR count). The monoisotopic (exact) mass is 293 g/mol. The predicted molar refractivity (Wildman–Crippen MR) is 87.4 cm³/mol. The first-order chi connectivity index (χ1) is 9.72. The normalized spacial score (nSPS) is 25.1. The van der Waals surface area contributed by atoms with Gasteiger partial charge in [0.25, 0.3) is 0 Å². The van der Waals surface area contributed by atoms with Crippen LogP contribution >= 0.6 is 0 Å². The number of hydrogen-bond donors (Lipinski definition) is 1. The molecule has 20 heavy (non-hydrogen) atoms. The Morgan fingerprint density at radius 3 is 2.70 bits per heavy atom. The van der Waals surface area contributed by atoms with Crippen molar-refractivity contribution in [2.75, 3.05) is 6.54 Å². The van der Waals surface area contributed by atoms with Crippen molar-refractivity contribution in [2.45, 2.75) is 63.0 Å². The molecule has 1 fully saturated rings. The van der Waals surface area contributed by atoms with Crippen LogP contribution in [0.3, 0.4) is 0 Å². The molecule has 3 unspecified atom stereocenters. The third-order valence-corrected chi connectivity index (χ3v) is 6.15. The van der Waals surface area contributed by atoms with Crippen LogP contribution in [-0.2, 0) is 16.6 Å². The molecule has 0 aliphatic heterocycles. The van der Waals surface area contributed by atoms with Gasteiger partial charge in [-0.15, -0.1) is 0 Å². The van der Waals surface area contributed by atoms with Gasteiger partial charge >= 0.3 is 0 Å². The van der Waals surface area contributed by atoms with Crippen molar-refractivity contribution in [1.29, 1.82) is 0 Å². The van der Waals surface area contributed by atoms with Crippen LogP contribution < -0.4 is 5.32 Å². The molecule has 0 saturated heterocycles. The highest BCUT2D eigenvalue weighted by Gasteiger charge is 2.28. The molecular weight excluding hydrogens is 266 g/mol. The van der Waals surface area contributed by atoms with Gasteiger partial charge in [-0.25, -0.2) is 0 Å². The van der Waals surface area contributed by atoms with E-state index < -0.39 is 10.8 Å². The lowest BCUT2D eigenvalue weighted by atomic mass is 10.1. The molecule has 1 N–H and O–H groups in total. The van der Waals surface area contributed by atoms with Crippen molar-refractivity contribution in [3.63, 3.8) is 0 Å². The van der Waals surface area contributed by atoms with E-state index in [1.807, 2.05) is 0 Å². The lowest BCUT2D eigenvalue weighted by Crippen LogP contribution is -2.41. The highest BCUT2D eigenvalue weighted by atomic mass is 32.2. The molecule has 112 valence electrons. The van der Waals surface area contributed by atoms with Gasteiger partial charge in [-0.1, -0.05) is 50.5 Å². The Kier molecular flexibility index (Phi) is 6.24. The van der Waals surface area contributed by atoms with Crippen molar-refractivity contribution >= 4 is 10.8 Å². The molecule has 0 aromatic heterocycles. The Morgan fingerprint density at radius 2 is 1.95 bits per heavy atom. The first-order valence-corrected chi connectivity index (χ1v) is 9.25. The van der Waals surface area contributed by atoms with Crippen LogP contribution in [0.15, 0.2) is 24.3 Å². The first kappa shape index (κ1) is 15.7. The van der Waals surface area contributed by atoms with Gasteiger partial charge in [0.1, 0.15) is 0 Å². The molecule has 0 bridgehead atoms. The smallest absolute Gasteiger partial charge is 0.0504 e. The zero-order chi connectivity index (χ0) is 14.4. The minimum absolute atomic E-state index is 0.317. The second kappa shape index (κ2) is 7.94. The average Bonchev–Trinajstić information content (AvgIpc) is 2.67. The summed E-state index contributed by atoms with van der Waals surface area (Å²) < 4.78 is 12.8. The Bertz CT molecular complexity index is 446. The van der Waals surface area contributed by atoms with Crippen LogP contribution in [0.2, 0.25) is 0 Å². The molecule has 0 amide bonds. The maximum absolute atomic E-state index is 12.8. The standard InChI is InChI=1S/C17H27NOS/c1-3-18-16-11-5-4-6-12-17(16)20(19)13-15-10-8-7-9-14(15)2/h7-10,16-18H,3-6,11-13H2,1-2H3. The molecule has 1 aliphatic rings. The largest absolute Gasteiger partial charge is 0.313 e. The average molecular weight is 293 g/mol. The number of aryl methyl sites for hydroxylation is 1. The molecule has 1 aliphatic carbocycles. The third kappa shape index (κ3) is 4.16. The van der Waals surface area contributed by atoms with Crippen molar-refractivity contribution in [3.05, 3.63) is 35.4 Å². The number of nitrogens with one attached hydrogen (secondary N) is 1. The number of hydrogen-bond acceptors (Lipinski definition) is 2. The maximum Gasteiger partial charge on any atom is 0.0504 e. The molecule has 0 heterocycles. The SMILES string of the molecule is CCNC1CCCCCC1S(=O)Cc1ccccc1C. The van der Waals surface area contributed by atoms with Gasteiger partial charge in [-0.2, -0.15) is 0 Å². The summed E-state index contributed by atoms with van der Waals surface area (Å²) in [6.07, 6.45) is 6.08. The molecule has 2 nitrogen and oxygen atoms in total. The van der Waals surface area contributed by atoms with Gasteiger partial charge in [0.2, 0.25) is 0 Å². The lowest BCUT2D eigenvalue weighted by Gasteiger charge is -2.25. The molecule has 3 heteroatoms. The second-order valence-electron chi connectivity index (χ2n) is 5.79. The molecule has 0 radical (unpaired) electrons. The topological polar surface area (TPSA) is 29.1 Å². The van der Waals surface area contributed by atoms with Gasteiger partial charge in [-0.05, 0) is 37.4 Å². The van der Waals surface area contributed by atoms with Gasteiger partial charge in [0.05, 0.1) is 5.25 Å². The van der Waals surface area contributed by atoms with Gasteiger partial charge in [0.15, 0.2) is 0 Å². The second-order valence-corrected chi connectivity index (χ2v) is 7.45. The van der Waals surface area contributed by atoms with Gasteiger partial charge in [-0.3, -0.25) is 4.21 Å². The summed E-state index contributed by atoms with van der Waals surface area (Å²) in [5, 5.41) is 3.88. The summed E-state index contributed by atoms with van der Waals surface area (Å²) in [4.78, 5) is 0. The van der Waals surface area contributed by atoms with Crippen LogP contribution in [0.25, 0.3) is 0 Å². The minimum atomic E-state index is -0.773. The number of rotatable bonds is 5. The highest BCUT2D eigenvalue weighted by Crippen LogP contribution is 2.24. The summed E-state index contributed by atoms with van der Waals surface area (Å²) in [6.45, 7) is 5.23. The van der Waals surface area contributed by atoms with Crippen LogP contribution in [0.1, 0.15) is 50.2 Å². The third-order valence-electron chi connectivity index (χ3n) is 4.32. The Balaban J connectivity index is 2.07. The summed E-state index contributed by atoms with van der Waals surface area (Å²) in [5.41, 5.74) is 2.50. The van der Waals surface area contributed by atoms with Crippen LogP contribution in [0.4, 0.5) is 0 Å². The Labute approximate surface area is 125 Å². The van der Waals surface area contributed by atoms with E-state index >= 15 is 0 Å². The number of benzene rings is 1. The van der Waals surface area contributed by atoms with Crippen molar-refractivity contribution in [3.8, 4) is 0 Å². The highest BCUT2D eigenvalue weighted by molar-refractivity contribution is 7.84. The summed E-state index contributed by atoms with van der Waals surface area (Å²) in [6, 6.07) is 8.77. The van der Waals surface area contributed by atoms with E-state index in [9.17, 15) is 4.21 Å². The lowest BCUT2D eigenvalue weighted by molar-refractivity contribution is 0.474. The van der Waals surface area contributed by atoms with E-state index in [-0.39, 0.29) is 0 Å². The van der Waals surface area contributed by atoms with Crippen LogP contribution in [0, 0.1) is 6.92 Å². The van der Waals surface area contributed by atoms with E-state index in [1.54, 1.807) is 0 Å². The fourth-order valence-electron chi connectivity index (χ4n) is 3.12. The maximum atomic E-state index is 12.8. The van der Waals surface area contributed by atoms with E-state index in [1.165, 1.54) is 36.8 Å². The molecule has 0 spiro atoms. The molecule has 1 saturated carbocycles. The predicted octanol–water partition coefficient (Wildman–Crippen LogP) is 3.55. The van der Waals surface area contributed by atoms with E-state index in [0.29, 0.717) is 17.0 Å². The summed E-state index contributed by atoms with van der Waals surface area (Å²) in [7, 11) is -0.773. The van der Waals surface area contributed by atoms with Crippen LogP contribution in [0.5, 0.6) is 0 Å². The first-order valence-electron chi connectivity index (χ1n) is 7.87. The van der Waals surface area contributed by atoms with Crippen molar-refractivity contribution < 1.29 is 4.21 Å². The molecular formula is C17H27NOS. The summed E-state index contributed by atoms with van der Waals surface area (Å²) in [5.74, 6) is 0.708. The minimum Gasteiger partial charge on any atom is -0.313 e. The molecule has 3 atom stereocenters. The Morgan fingerprint density at radius 1 is 1.20 bits per heavy atom. The van der Waals surface area contributed by atoms with Crippen LogP contribution in [-0.4, -0.2) is 22.0 Å². The fourth-order valence-corrected chi connectivity index (χ4v) is 4.99. The Hall–Kier alpha value is -0.670. The summed E-state index contributed by atoms with van der Waals surface area (Å²) >= 11 is 0. The fraction of sp³-hybridized carbons (Fsp3) is 0.647. The molecule has 1 aromatic carbocycles. The van der Waals surface area contributed by atoms with Crippen molar-refractivity contribution in [2.24, 2.45) is 0 Å².